The Bertz CT molecular complexity index is 200. The molecule has 0 aliphatic rings. The standard InChI is InChI=1S/C12H26N2O3/c1-4-6-11(13)12(15)14(8-10-17-3)7-5-9-16-2/h11H,4-10,13H2,1-3H3. The van der Waals surface area contributed by atoms with Gasteiger partial charge in [0.15, 0.2) is 0 Å². The molecule has 17 heavy (non-hydrogen) atoms. The minimum Gasteiger partial charge on any atom is -0.385 e. The molecule has 1 unspecified atom stereocenters. The van der Waals surface area contributed by atoms with Crippen LogP contribution in [0, 0.1) is 0 Å². The molecule has 0 spiro atoms. The van der Waals surface area contributed by atoms with Crippen molar-refractivity contribution in [2.24, 2.45) is 5.73 Å². The highest BCUT2D eigenvalue weighted by Gasteiger charge is 2.19. The second-order valence-electron chi connectivity index (χ2n) is 4.06. The molecule has 5 heteroatoms. The van der Waals surface area contributed by atoms with Crippen LogP contribution in [0.1, 0.15) is 26.2 Å². The molecule has 1 amide bonds. The molecule has 0 saturated heterocycles. The summed E-state index contributed by atoms with van der Waals surface area (Å²) in [6, 6.07) is -0.389. The minimum atomic E-state index is -0.389. The van der Waals surface area contributed by atoms with E-state index in [2.05, 4.69) is 0 Å². The zero-order valence-electron chi connectivity index (χ0n) is 11.3. The Labute approximate surface area is 104 Å². The maximum Gasteiger partial charge on any atom is 0.239 e. The Balaban J connectivity index is 4.17. The van der Waals surface area contributed by atoms with Gasteiger partial charge in [-0.15, -0.1) is 0 Å². The van der Waals surface area contributed by atoms with Crippen molar-refractivity contribution in [1.29, 1.82) is 0 Å². The molecule has 0 aliphatic heterocycles. The first-order valence-electron chi connectivity index (χ1n) is 6.19. The summed E-state index contributed by atoms with van der Waals surface area (Å²) in [5.41, 5.74) is 5.84. The summed E-state index contributed by atoms with van der Waals surface area (Å²) >= 11 is 0. The first kappa shape index (κ1) is 16.4. The predicted molar refractivity (Wildman–Crippen MR) is 67.8 cm³/mol. The molecule has 0 aromatic heterocycles. The van der Waals surface area contributed by atoms with Crippen LogP contribution in [0.5, 0.6) is 0 Å². The van der Waals surface area contributed by atoms with Crippen molar-refractivity contribution in [1.82, 2.24) is 4.90 Å². The van der Waals surface area contributed by atoms with Crippen LogP contribution in [0.2, 0.25) is 0 Å². The first-order chi connectivity index (χ1) is 8.17. The zero-order valence-corrected chi connectivity index (χ0v) is 11.3. The summed E-state index contributed by atoms with van der Waals surface area (Å²) < 4.78 is 9.99. The molecule has 0 aromatic carbocycles. The van der Waals surface area contributed by atoms with Crippen molar-refractivity contribution in [2.75, 3.05) is 40.5 Å². The number of rotatable bonds is 10. The maximum atomic E-state index is 12.0. The van der Waals surface area contributed by atoms with Crippen LogP contribution >= 0.6 is 0 Å². The summed E-state index contributed by atoms with van der Waals surface area (Å²) in [5.74, 6) is 0.0139. The van der Waals surface area contributed by atoms with Gasteiger partial charge in [0.1, 0.15) is 0 Å². The van der Waals surface area contributed by atoms with E-state index in [1.807, 2.05) is 6.92 Å². The van der Waals surface area contributed by atoms with E-state index in [-0.39, 0.29) is 11.9 Å². The lowest BCUT2D eigenvalue weighted by atomic mass is 10.1. The fourth-order valence-electron chi connectivity index (χ4n) is 1.60. The molecule has 0 aromatic rings. The van der Waals surface area contributed by atoms with E-state index in [1.165, 1.54) is 0 Å². The number of hydrogen-bond donors (Lipinski definition) is 1. The lowest BCUT2D eigenvalue weighted by molar-refractivity contribution is -0.133. The number of nitrogens with zero attached hydrogens (tertiary/aromatic N) is 1. The van der Waals surface area contributed by atoms with Crippen molar-refractivity contribution in [3.8, 4) is 0 Å². The molecule has 0 heterocycles. The van der Waals surface area contributed by atoms with Crippen LogP contribution < -0.4 is 5.73 Å². The van der Waals surface area contributed by atoms with Crippen molar-refractivity contribution in [3.63, 3.8) is 0 Å². The van der Waals surface area contributed by atoms with E-state index in [0.717, 1.165) is 19.3 Å². The lowest BCUT2D eigenvalue weighted by Gasteiger charge is -2.25. The van der Waals surface area contributed by atoms with Gasteiger partial charge in [0.05, 0.1) is 12.6 Å². The van der Waals surface area contributed by atoms with Crippen LogP contribution in [0.15, 0.2) is 0 Å². The van der Waals surface area contributed by atoms with Gasteiger partial charge in [-0.2, -0.15) is 0 Å². The first-order valence-corrected chi connectivity index (χ1v) is 6.19. The van der Waals surface area contributed by atoms with Crippen molar-refractivity contribution < 1.29 is 14.3 Å². The summed E-state index contributed by atoms with van der Waals surface area (Å²) in [7, 11) is 3.29. The second kappa shape index (κ2) is 10.5. The molecule has 0 aliphatic carbocycles. The SMILES string of the molecule is CCCC(N)C(=O)N(CCCOC)CCOC. The number of amides is 1. The number of ether oxygens (including phenoxy) is 2. The third-order valence-electron chi connectivity index (χ3n) is 2.57. The Kier molecular flexibility index (Phi) is 10.1. The lowest BCUT2D eigenvalue weighted by Crippen LogP contribution is -2.45. The normalized spacial score (nSPS) is 12.5. The van der Waals surface area contributed by atoms with Crippen molar-refractivity contribution in [2.45, 2.75) is 32.2 Å². The Morgan fingerprint density at radius 3 is 2.41 bits per heavy atom. The van der Waals surface area contributed by atoms with Crippen LogP contribution in [-0.4, -0.2) is 57.4 Å². The summed E-state index contributed by atoms with van der Waals surface area (Å²) in [6.07, 6.45) is 2.47. The fourth-order valence-corrected chi connectivity index (χ4v) is 1.60. The number of nitrogens with two attached hydrogens (primary N) is 1. The van der Waals surface area contributed by atoms with E-state index < -0.39 is 0 Å². The van der Waals surface area contributed by atoms with Gasteiger partial charge in [0.25, 0.3) is 0 Å². The minimum absolute atomic E-state index is 0.0139. The maximum absolute atomic E-state index is 12.0. The molecule has 1 atom stereocenters. The Morgan fingerprint density at radius 1 is 1.24 bits per heavy atom. The molecule has 0 bridgehead atoms. The van der Waals surface area contributed by atoms with Crippen molar-refractivity contribution >= 4 is 5.91 Å². The fraction of sp³-hybridized carbons (Fsp3) is 0.917. The average molecular weight is 246 g/mol. The molecule has 0 fully saturated rings. The van der Waals surface area contributed by atoms with Gasteiger partial charge in [0, 0.05) is 33.9 Å². The van der Waals surface area contributed by atoms with E-state index in [0.29, 0.717) is 26.3 Å². The van der Waals surface area contributed by atoms with E-state index in [1.54, 1.807) is 19.1 Å². The molecule has 102 valence electrons. The van der Waals surface area contributed by atoms with Gasteiger partial charge in [-0.1, -0.05) is 13.3 Å². The highest BCUT2D eigenvalue weighted by molar-refractivity contribution is 5.81. The summed E-state index contributed by atoms with van der Waals surface area (Å²) in [6.45, 7) is 4.48. The summed E-state index contributed by atoms with van der Waals surface area (Å²) in [5, 5.41) is 0. The molecular weight excluding hydrogens is 220 g/mol. The molecule has 0 radical (unpaired) electrons. The van der Waals surface area contributed by atoms with Crippen LogP contribution in [-0.2, 0) is 14.3 Å². The number of carbonyl (C=O) groups is 1. The monoisotopic (exact) mass is 246 g/mol. The van der Waals surface area contributed by atoms with E-state index >= 15 is 0 Å². The second-order valence-corrected chi connectivity index (χ2v) is 4.06. The average Bonchev–Trinajstić information content (AvgIpc) is 2.33. The quantitative estimate of drug-likeness (QED) is 0.574. The molecular formula is C12H26N2O3. The van der Waals surface area contributed by atoms with Crippen LogP contribution in [0.3, 0.4) is 0 Å². The highest BCUT2D eigenvalue weighted by atomic mass is 16.5. The Hall–Kier alpha value is -0.650. The van der Waals surface area contributed by atoms with Gasteiger partial charge in [-0.3, -0.25) is 4.79 Å². The largest absolute Gasteiger partial charge is 0.385 e. The van der Waals surface area contributed by atoms with E-state index in [4.69, 9.17) is 15.2 Å². The van der Waals surface area contributed by atoms with Gasteiger partial charge < -0.3 is 20.1 Å². The molecule has 0 rings (SSSR count). The Morgan fingerprint density at radius 2 is 1.88 bits per heavy atom. The smallest absolute Gasteiger partial charge is 0.239 e. The highest BCUT2D eigenvalue weighted by Crippen LogP contribution is 2.01. The van der Waals surface area contributed by atoms with Gasteiger partial charge in [-0.05, 0) is 12.8 Å². The topological polar surface area (TPSA) is 64.8 Å². The third-order valence-corrected chi connectivity index (χ3v) is 2.57. The predicted octanol–water partition coefficient (Wildman–Crippen LogP) is 0.625. The van der Waals surface area contributed by atoms with E-state index in [9.17, 15) is 4.79 Å². The number of methoxy groups -OCH3 is 2. The zero-order chi connectivity index (χ0) is 13.1. The molecule has 5 nitrogen and oxygen atoms in total. The molecule has 0 saturated carbocycles. The third kappa shape index (κ3) is 7.31. The van der Waals surface area contributed by atoms with Gasteiger partial charge in [0.2, 0.25) is 5.91 Å². The molecule has 2 N–H and O–H groups in total. The van der Waals surface area contributed by atoms with Crippen LogP contribution in [0.25, 0.3) is 0 Å². The number of carbonyl (C=O) groups excluding carboxylic acids is 1. The van der Waals surface area contributed by atoms with Gasteiger partial charge >= 0.3 is 0 Å². The van der Waals surface area contributed by atoms with Crippen molar-refractivity contribution in [3.05, 3.63) is 0 Å². The summed E-state index contributed by atoms with van der Waals surface area (Å²) in [4.78, 5) is 13.8. The number of hydrogen-bond acceptors (Lipinski definition) is 4. The van der Waals surface area contributed by atoms with Crippen LogP contribution in [0.4, 0.5) is 0 Å². The van der Waals surface area contributed by atoms with Gasteiger partial charge in [-0.25, -0.2) is 0 Å².